The maximum absolute atomic E-state index is 12.8. The van der Waals surface area contributed by atoms with Crippen LogP contribution in [-0.4, -0.2) is 47.0 Å². The van der Waals surface area contributed by atoms with Gasteiger partial charge in [-0.2, -0.15) is 0 Å². The lowest BCUT2D eigenvalue weighted by atomic mass is 9.77. The Morgan fingerprint density at radius 3 is 2.71 bits per heavy atom. The zero-order valence-corrected chi connectivity index (χ0v) is 12.9. The van der Waals surface area contributed by atoms with Crippen LogP contribution in [0.5, 0.6) is 0 Å². The van der Waals surface area contributed by atoms with Gasteiger partial charge in [0.2, 0.25) is 0 Å². The summed E-state index contributed by atoms with van der Waals surface area (Å²) in [6.45, 7) is 8.07. The van der Waals surface area contributed by atoms with Crippen LogP contribution >= 0.6 is 0 Å². The quantitative estimate of drug-likeness (QED) is 0.902. The molecule has 0 bridgehead atoms. The fourth-order valence-electron chi connectivity index (χ4n) is 3.54. The fraction of sp³-hybridized carbons (Fsp3) is 0.688. The summed E-state index contributed by atoms with van der Waals surface area (Å²) in [6, 6.07) is 0. The monoisotopic (exact) mass is 288 g/mol. The van der Waals surface area contributed by atoms with Gasteiger partial charge in [0.05, 0.1) is 11.3 Å². The molecule has 0 aliphatic carbocycles. The maximum Gasteiger partial charge on any atom is 0.257 e. The Kier molecular flexibility index (Phi) is 3.93. The lowest BCUT2D eigenvalue weighted by molar-refractivity contribution is 0.0605. The van der Waals surface area contributed by atoms with E-state index in [1.807, 2.05) is 4.90 Å². The van der Waals surface area contributed by atoms with Crippen LogP contribution in [0, 0.1) is 5.41 Å². The first kappa shape index (κ1) is 14.4. The van der Waals surface area contributed by atoms with Crippen LogP contribution in [0.1, 0.15) is 55.1 Å². The Hall–Kier alpha value is -1.49. The molecule has 1 spiro atoms. The van der Waals surface area contributed by atoms with Crippen molar-refractivity contribution in [3.8, 4) is 0 Å². The van der Waals surface area contributed by atoms with Crippen molar-refractivity contribution in [2.45, 2.75) is 39.0 Å². The molecule has 2 aliphatic rings. The molecule has 3 rings (SSSR count). The Morgan fingerprint density at radius 1 is 1.33 bits per heavy atom. The Morgan fingerprint density at radius 2 is 2.10 bits per heavy atom. The van der Waals surface area contributed by atoms with Gasteiger partial charge in [0.15, 0.2) is 0 Å². The largest absolute Gasteiger partial charge is 0.339 e. The molecular weight excluding hydrogens is 264 g/mol. The second-order valence-corrected chi connectivity index (χ2v) is 6.70. The van der Waals surface area contributed by atoms with Crippen LogP contribution < -0.4 is 5.32 Å². The van der Waals surface area contributed by atoms with Gasteiger partial charge in [-0.3, -0.25) is 4.79 Å². The van der Waals surface area contributed by atoms with E-state index in [4.69, 9.17) is 0 Å². The molecule has 1 amide bonds. The summed E-state index contributed by atoms with van der Waals surface area (Å²) in [5, 5.41) is 3.46. The Labute approximate surface area is 126 Å². The minimum absolute atomic E-state index is 0.0973. The normalized spacial score (nSPS) is 21.2. The second kappa shape index (κ2) is 5.72. The third kappa shape index (κ3) is 2.79. The van der Waals surface area contributed by atoms with Crippen molar-refractivity contribution in [1.29, 1.82) is 0 Å². The van der Waals surface area contributed by atoms with Gasteiger partial charge in [-0.15, -0.1) is 0 Å². The van der Waals surface area contributed by atoms with Crippen LogP contribution in [0.3, 0.4) is 0 Å². The van der Waals surface area contributed by atoms with E-state index in [1.165, 1.54) is 12.7 Å². The number of amides is 1. The summed E-state index contributed by atoms with van der Waals surface area (Å²) in [5.74, 6) is 0.335. The molecule has 1 N–H and O–H groups in total. The summed E-state index contributed by atoms with van der Waals surface area (Å²) in [5.41, 5.74) is 1.97. The lowest BCUT2D eigenvalue weighted by Gasteiger charge is -2.39. The topological polar surface area (TPSA) is 58.1 Å². The SMILES string of the molecule is CC(C)c1ncncc1C(=O)N1CCC2(CCNC2)CC1. The van der Waals surface area contributed by atoms with E-state index in [-0.39, 0.29) is 11.8 Å². The Bertz CT molecular complexity index is 513. The molecule has 1 aromatic heterocycles. The fourth-order valence-corrected chi connectivity index (χ4v) is 3.54. The number of nitrogens with one attached hydrogen (secondary N) is 1. The van der Waals surface area contributed by atoms with Gasteiger partial charge in [-0.05, 0) is 37.1 Å². The predicted molar refractivity (Wildman–Crippen MR) is 81.2 cm³/mol. The molecule has 2 fully saturated rings. The summed E-state index contributed by atoms with van der Waals surface area (Å²) in [7, 11) is 0. The average Bonchev–Trinajstić information content (AvgIpc) is 2.95. The second-order valence-electron chi connectivity index (χ2n) is 6.70. The zero-order chi connectivity index (χ0) is 14.9. The van der Waals surface area contributed by atoms with Gasteiger partial charge in [-0.1, -0.05) is 13.8 Å². The highest BCUT2D eigenvalue weighted by atomic mass is 16.2. The van der Waals surface area contributed by atoms with Gasteiger partial charge >= 0.3 is 0 Å². The van der Waals surface area contributed by atoms with E-state index in [1.54, 1.807) is 6.20 Å². The van der Waals surface area contributed by atoms with Gasteiger partial charge in [0, 0.05) is 25.8 Å². The third-order valence-electron chi connectivity index (χ3n) is 4.96. The van der Waals surface area contributed by atoms with Crippen molar-refractivity contribution in [2.75, 3.05) is 26.2 Å². The number of nitrogens with zero attached hydrogens (tertiary/aromatic N) is 3. The molecule has 2 saturated heterocycles. The first-order valence-corrected chi connectivity index (χ1v) is 7.91. The van der Waals surface area contributed by atoms with Gasteiger partial charge in [-0.25, -0.2) is 9.97 Å². The molecule has 5 heteroatoms. The van der Waals surface area contributed by atoms with E-state index in [0.29, 0.717) is 11.0 Å². The highest BCUT2D eigenvalue weighted by Gasteiger charge is 2.38. The number of rotatable bonds is 2. The molecule has 0 atom stereocenters. The molecule has 5 nitrogen and oxygen atoms in total. The Balaban J connectivity index is 1.72. The van der Waals surface area contributed by atoms with Crippen LogP contribution in [0.4, 0.5) is 0 Å². The van der Waals surface area contributed by atoms with E-state index >= 15 is 0 Å². The minimum Gasteiger partial charge on any atom is -0.339 e. The van der Waals surface area contributed by atoms with Crippen molar-refractivity contribution < 1.29 is 4.79 Å². The highest BCUT2D eigenvalue weighted by Crippen LogP contribution is 2.37. The molecular formula is C16H24N4O. The van der Waals surface area contributed by atoms with Crippen molar-refractivity contribution >= 4 is 5.91 Å². The molecule has 0 radical (unpaired) electrons. The minimum atomic E-state index is 0.0973. The maximum atomic E-state index is 12.8. The third-order valence-corrected chi connectivity index (χ3v) is 4.96. The number of carbonyl (C=O) groups excluding carboxylic acids is 1. The molecule has 114 valence electrons. The number of hydrogen-bond acceptors (Lipinski definition) is 4. The van der Waals surface area contributed by atoms with E-state index in [2.05, 4.69) is 29.1 Å². The summed E-state index contributed by atoms with van der Waals surface area (Å²) < 4.78 is 0. The van der Waals surface area contributed by atoms with Crippen molar-refractivity contribution in [3.05, 3.63) is 23.8 Å². The lowest BCUT2D eigenvalue weighted by Crippen LogP contribution is -2.44. The number of carbonyl (C=O) groups is 1. The summed E-state index contributed by atoms with van der Waals surface area (Å²) in [6.07, 6.45) is 6.67. The van der Waals surface area contributed by atoms with Crippen molar-refractivity contribution in [2.24, 2.45) is 5.41 Å². The van der Waals surface area contributed by atoms with Crippen LogP contribution in [0.25, 0.3) is 0 Å². The number of likely N-dealkylation sites (tertiary alicyclic amines) is 1. The molecule has 0 aromatic carbocycles. The first-order valence-electron chi connectivity index (χ1n) is 7.91. The standard InChI is InChI=1S/C16H24N4O/c1-12(2)14-13(9-18-11-19-14)15(21)20-7-4-16(5-8-20)3-6-17-10-16/h9,11-12,17H,3-8,10H2,1-2H3. The molecule has 0 saturated carbocycles. The van der Waals surface area contributed by atoms with Crippen molar-refractivity contribution in [1.82, 2.24) is 20.2 Å². The smallest absolute Gasteiger partial charge is 0.257 e. The summed E-state index contributed by atoms with van der Waals surface area (Å²) >= 11 is 0. The van der Waals surface area contributed by atoms with Crippen LogP contribution in [-0.2, 0) is 0 Å². The van der Waals surface area contributed by atoms with E-state index < -0.39 is 0 Å². The highest BCUT2D eigenvalue weighted by molar-refractivity contribution is 5.95. The van der Waals surface area contributed by atoms with Gasteiger partial charge in [0.25, 0.3) is 5.91 Å². The first-order chi connectivity index (χ1) is 10.1. The molecule has 2 aliphatic heterocycles. The zero-order valence-electron chi connectivity index (χ0n) is 12.9. The number of piperidine rings is 1. The van der Waals surface area contributed by atoms with Crippen molar-refractivity contribution in [3.63, 3.8) is 0 Å². The number of aromatic nitrogens is 2. The van der Waals surface area contributed by atoms with E-state index in [9.17, 15) is 4.79 Å². The average molecular weight is 288 g/mol. The van der Waals surface area contributed by atoms with Crippen LogP contribution in [0.15, 0.2) is 12.5 Å². The molecule has 1 aromatic rings. The van der Waals surface area contributed by atoms with Gasteiger partial charge < -0.3 is 10.2 Å². The molecule has 0 unspecified atom stereocenters. The molecule has 3 heterocycles. The predicted octanol–water partition coefficient (Wildman–Crippen LogP) is 1.82. The van der Waals surface area contributed by atoms with Gasteiger partial charge in [0.1, 0.15) is 6.33 Å². The molecule has 21 heavy (non-hydrogen) atoms. The van der Waals surface area contributed by atoms with E-state index in [0.717, 1.165) is 44.7 Å². The number of hydrogen-bond donors (Lipinski definition) is 1. The summed E-state index contributed by atoms with van der Waals surface area (Å²) in [4.78, 5) is 23.1. The van der Waals surface area contributed by atoms with Crippen LogP contribution in [0.2, 0.25) is 0 Å².